The normalized spacial score (nSPS) is 17.5. The number of hydrogen-bond donors (Lipinski definition) is 3. The van der Waals surface area contributed by atoms with E-state index < -0.39 is 12.4 Å². The summed E-state index contributed by atoms with van der Waals surface area (Å²) in [5.41, 5.74) is 0. The van der Waals surface area contributed by atoms with E-state index in [2.05, 4.69) is 0 Å². The minimum absolute atomic E-state index is 0.0342. The van der Waals surface area contributed by atoms with Crippen LogP contribution in [0.25, 0.3) is 0 Å². The van der Waals surface area contributed by atoms with Gasteiger partial charge in [-0.2, -0.15) is 0 Å². The zero-order valence-corrected chi connectivity index (χ0v) is 8.60. The van der Waals surface area contributed by atoms with Gasteiger partial charge >= 0.3 is 67.4 Å². The molecule has 0 heterocycles. The van der Waals surface area contributed by atoms with Crippen molar-refractivity contribution in [1.29, 1.82) is 0 Å². The van der Waals surface area contributed by atoms with Crippen LogP contribution >= 0.6 is 7.28 Å². The van der Waals surface area contributed by atoms with Crippen molar-refractivity contribution in [3.05, 3.63) is 0 Å². The standard InChI is InChI=1S/C7H19O3P/c1-5-7(3,4)11(8,9,10)6-2/h8-10H,5-6H2,1-4H3. The predicted octanol–water partition coefficient (Wildman–Crippen LogP) is 1.47. The van der Waals surface area contributed by atoms with E-state index in [0.29, 0.717) is 6.42 Å². The molecule has 0 aliphatic carbocycles. The zero-order valence-electron chi connectivity index (χ0n) is 7.70. The Labute approximate surface area is 68.2 Å². The number of rotatable bonds is 3. The summed E-state index contributed by atoms with van der Waals surface area (Å²) in [6.07, 6.45) is 0.592. The van der Waals surface area contributed by atoms with E-state index in [1.807, 2.05) is 6.92 Å². The van der Waals surface area contributed by atoms with Crippen LogP contribution in [0.3, 0.4) is 0 Å². The van der Waals surface area contributed by atoms with Gasteiger partial charge in [0.2, 0.25) is 0 Å². The van der Waals surface area contributed by atoms with Gasteiger partial charge in [0, 0.05) is 0 Å². The Morgan fingerprint density at radius 2 is 1.45 bits per heavy atom. The van der Waals surface area contributed by atoms with Crippen LogP contribution in [0, 0.1) is 0 Å². The molecule has 0 aromatic heterocycles. The summed E-state index contributed by atoms with van der Waals surface area (Å²) < 4.78 is 0. The zero-order chi connectivity index (χ0) is 9.36. The molecule has 0 aliphatic heterocycles. The first-order valence-electron chi connectivity index (χ1n) is 3.91. The second-order valence-electron chi connectivity index (χ2n) is 3.63. The third kappa shape index (κ3) is 1.91. The van der Waals surface area contributed by atoms with Crippen LogP contribution in [-0.4, -0.2) is 26.0 Å². The first kappa shape index (κ1) is 11.3. The Hall–Kier alpha value is 0.310. The van der Waals surface area contributed by atoms with E-state index >= 15 is 0 Å². The molecule has 0 aromatic rings. The van der Waals surface area contributed by atoms with Crippen molar-refractivity contribution in [3.8, 4) is 0 Å². The first-order chi connectivity index (χ1) is 4.65. The summed E-state index contributed by atoms with van der Waals surface area (Å²) >= 11 is 0. The quantitative estimate of drug-likeness (QED) is 0.579. The molecule has 3 N–H and O–H groups in total. The van der Waals surface area contributed by atoms with E-state index in [1.54, 1.807) is 20.8 Å². The molecule has 0 unspecified atom stereocenters. The van der Waals surface area contributed by atoms with Gasteiger partial charge < -0.3 is 0 Å². The van der Waals surface area contributed by atoms with E-state index in [-0.39, 0.29) is 6.16 Å². The molecule has 11 heavy (non-hydrogen) atoms. The minimum atomic E-state index is -4.37. The van der Waals surface area contributed by atoms with Gasteiger partial charge in [-0.25, -0.2) is 0 Å². The van der Waals surface area contributed by atoms with Crippen LogP contribution in [-0.2, 0) is 0 Å². The molecule has 0 rings (SSSR count). The second kappa shape index (κ2) is 2.67. The molecule has 0 radical (unpaired) electrons. The van der Waals surface area contributed by atoms with Gasteiger partial charge in [-0.15, -0.1) is 0 Å². The van der Waals surface area contributed by atoms with Gasteiger partial charge in [0.1, 0.15) is 0 Å². The predicted molar refractivity (Wildman–Crippen MR) is 48.5 cm³/mol. The van der Waals surface area contributed by atoms with Crippen molar-refractivity contribution in [3.63, 3.8) is 0 Å². The first-order valence-corrected chi connectivity index (χ1v) is 6.19. The maximum atomic E-state index is 9.56. The van der Waals surface area contributed by atoms with Crippen LogP contribution in [0.2, 0.25) is 0 Å². The molecule has 70 valence electrons. The van der Waals surface area contributed by atoms with Crippen molar-refractivity contribution in [1.82, 2.24) is 0 Å². The molecule has 0 spiro atoms. The monoisotopic (exact) mass is 182 g/mol. The van der Waals surface area contributed by atoms with Crippen molar-refractivity contribution in [2.45, 2.75) is 39.3 Å². The topological polar surface area (TPSA) is 60.7 Å². The average molecular weight is 182 g/mol. The number of hydrogen-bond acceptors (Lipinski definition) is 3. The molecule has 0 amide bonds. The summed E-state index contributed by atoms with van der Waals surface area (Å²) in [5, 5.41) is -0.777. The summed E-state index contributed by atoms with van der Waals surface area (Å²) in [7, 11) is -4.37. The van der Waals surface area contributed by atoms with E-state index in [0.717, 1.165) is 0 Å². The molecule has 0 atom stereocenters. The summed E-state index contributed by atoms with van der Waals surface area (Å²) in [5.74, 6) is 0. The van der Waals surface area contributed by atoms with Crippen LogP contribution in [0.1, 0.15) is 34.1 Å². The van der Waals surface area contributed by atoms with Gasteiger partial charge in [0.15, 0.2) is 0 Å². The van der Waals surface area contributed by atoms with Crippen LogP contribution < -0.4 is 0 Å². The Kier molecular flexibility index (Phi) is 2.74. The van der Waals surface area contributed by atoms with Crippen molar-refractivity contribution >= 4 is 7.28 Å². The van der Waals surface area contributed by atoms with Crippen LogP contribution in [0.4, 0.5) is 0 Å². The van der Waals surface area contributed by atoms with Gasteiger partial charge in [-0.3, -0.25) is 0 Å². The molecule has 0 bridgehead atoms. The fraction of sp³-hybridized carbons (Fsp3) is 1.00. The summed E-state index contributed by atoms with van der Waals surface area (Å²) in [6.45, 7) is 6.78. The molecule has 0 saturated carbocycles. The van der Waals surface area contributed by atoms with Gasteiger partial charge in [0.25, 0.3) is 0 Å². The Morgan fingerprint density at radius 1 is 1.09 bits per heavy atom. The third-order valence-corrected chi connectivity index (χ3v) is 6.65. The van der Waals surface area contributed by atoms with Gasteiger partial charge in [-0.05, 0) is 0 Å². The SMILES string of the molecule is CCC(C)(C)P(O)(O)(O)CC. The molecule has 4 heteroatoms. The van der Waals surface area contributed by atoms with E-state index in [4.69, 9.17) is 0 Å². The molecule has 0 saturated heterocycles. The Balaban J connectivity index is 4.80. The van der Waals surface area contributed by atoms with E-state index in [1.165, 1.54) is 0 Å². The second-order valence-corrected chi connectivity index (χ2v) is 7.78. The van der Waals surface area contributed by atoms with Crippen molar-refractivity contribution in [2.75, 3.05) is 6.16 Å². The molecular formula is C7H19O3P. The fourth-order valence-electron chi connectivity index (χ4n) is 0.752. The third-order valence-electron chi connectivity index (χ3n) is 2.69. The van der Waals surface area contributed by atoms with Gasteiger partial charge in [-0.1, -0.05) is 0 Å². The Bertz CT molecular complexity index is 146. The van der Waals surface area contributed by atoms with Crippen molar-refractivity contribution in [2.24, 2.45) is 0 Å². The van der Waals surface area contributed by atoms with Crippen LogP contribution in [0.15, 0.2) is 0 Å². The molecule has 3 nitrogen and oxygen atoms in total. The molecule has 0 aromatic carbocycles. The van der Waals surface area contributed by atoms with E-state index in [9.17, 15) is 14.7 Å². The molecule has 0 aliphatic rings. The van der Waals surface area contributed by atoms with Gasteiger partial charge in [0.05, 0.1) is 0 Å². The molecular weight excluding hydrogens is 163 g/mol. The molecule has 0 fully saturated rings. The van der Waals surface area contributed by atoms with Crippen LogP contribution in [0.5, 0.6) is 0 Å². The maximum absolute atomic E-state index is 9.56. The summed E-state index contributed by atoms with van der Waals surface area (Å²) in [6, 6.07) is 0. The fourth-order valence-corrected chi connectivity index (χ4v) is 2.26. The summed E-state index contributed by atoms with van der Waals surface area (Å²) in [4.78, 5) is 28.7. The average Bonchev–Trinajstić information content (AvgIpc) is 1.87. The Morgan fingerprint density at radius 3 is 1.55 bits per heavy atom. The van der Waals surface area contributed by atoms with Crippen molar-refractivity contribution < 1.29 is 14.7 Å².